The summed E-state index contributed by atoms with van der Waals surface area (Å²) in [5.41, 5.74) is 4.55. The highest BCUT2D eigenvalue weighted by Crippen LogP contribution is 2.52. The average molecular weight is 1190 g/mol. The zero-order chi connectivity index (χ0) is 61.1. The molecule has 5 aromatic carbocycles. The van der Waals surface area contributed by atoms with Gasteiger partial charge >= 0.3 is 5.97 Å². The number of rotatable bonds is 26. The van der Waals surface area contributed by atoms with Gasteiger partial charge in [0.2, 0.25) is 5.69 Å². The summed E-state index contributed by atoms with van der Waals surface area (Å²) in [6, 6.07) is 17.0. The number of nitro benzene ring substituents is 2. The van der Waals surface area contributed by atoms with E-state index in [1.54, 1.807) is 19.9 Å². The topological polar surface area (TPSA) is 300 Å². The highest BCUT2D eigenvalue weighted by atomic mass is 32.2. The van der Waals surface area contributed by atoms with Crippen LogP contribution in [0.3, 0.4) is 0 Å². The van der Waals surface area contributed by atoms with Crippen LogP contribution >= 0.6 is 0 Å². The van der Waals surface area contributed by atoms with Gasteiger partial charge < -0.3 is 24.2 Å². The number of Topliss-reactive ketones (excluding diaryl/α,β-unsaturated/α-hetero) is 1. The monoisotopic (exact) mass is 1190 g/mol. The van der Waals surface area contributed by atoms with Crippen molar-refractivity contribution < 1.29 is 64.4 Å². The summed E-state index contributed by atoms with van der Waals surface area (Å²) in [5.74, 6) is -1.72. The maximum atomic E-state index is 13.0. The van der Waals surface area contributed by atoms with Crippen molar-refractivity contribution in [1.82, 2.24) is 10.4 Å². The van der Waals surface area contributed by atoms with Crippen molar-refractivity contribution in [2.45, 2.75) is 146 Å². The van der Waals surface area contributed by atoms with Crippen molar-refractivity contribution in [2.24, 2.45) is 0 Å². The molecule has 8 rings (SSSR count). The molecule has 0 unspecified atom stereocenters. The number of benzene rings is 5. The second-order valence-corrected chi connectivity index (χ2v) is 25.3. The molecule has 23 heteroatoms. The number of unbranched alkanes of at least 4 members (excludes halogenated alkanes) is 4. The Bertz CT molecular complexity index is 3880. The van der Waals surface area contributed by atoms with Crippen LogP contribution in [0.5, 0.6) is 0 Å². The molecule has 0 saturated carbocycles. The number of hydrogen-bond acceptors (Lipinski definition) is 17. The molecule has 21 nitrogen and oxygen atoms in total. The van der Waals surface area contributed by atoms with E-state index in [1.807, 2.05) is 68.5 Å². The lowest BCUT2D eigenvalue weighted by molar-refractivity contribution is -0.438. The van der Waals surface area contributed by atoms with Crippen molar-refractivity contribution in [1.29, 1.82) is 0 Å². The van der Waals surface area contributed by atoms with Gasteiger partial charge in [0.1, 0.15) is 32.6 Å². The van der Waals surface area contributed by atoms with Crippen molar-refractivity contribution in [3.63, 3.8) is 0 Å². The smallest absolute Gasteiger partial charge is 0.333 e. The largest absolute Gasteiger partial charge is 0.744 e. The molecule has 444 valence electrons. The lowest BCUT2D eigenvalue weighted by Gasteiger charge is -2.27. The fraction of sp³-hybridized carbons (Fsp3) is 0.393. The summed E-state index contributed by atoms with van der Waals surface area (Å²) in [4.78, 5) is 77.5. The normalized spacial score (nSPS) is 16.3. The first kappa shape index (κ1) is 62.2. The van der Waals surface area contributed by atoms with Crippen LogP contribution in [0.25, 0.3) is 21.5 Å². The lowest BCUT2D eigenvalue weighted by atomic mass is 9.78. The molecule has 1 saturated heterocycles. The summed E-state index contributed by atoms with van der Waals surface area (Å²) < 4.78 is 77.3. The molecule has 3 aliphatic rings. The molecular formula is C61H67N6O15S2-. The van der Waals surface area contributed by atoms with E-state index in [1.165, 1.54) is 30.3 Å². The minimum Gasteiger partial charge on any atom is -0.744 e. The third-order valence-electron chi connectivity index (χ3n) is 15.9. The van der Waals surface area contributed by atoms with Gasteiger partial charge in [0, 0.05) is 97.7 Å². The summed E-state index contributed by atoms with van der Waals surface area (Å²) in [5, 5.41) is 28.7. The van der Waals surface area contributed by atoms with Crippen molar-refractivity contribution in [3.05, 3.63) is 151 Å². The van der Waals surface area contributed by atoms with Crippen molar-refractivity contribution in [3.8, 4) is 0 Å². The molecule has 1 N–H and O–H groups in total. The number of imide groups is 1. The van der Waals surface area contributed by atoms with Crippen LogP contribution in [-0.2, 0) is 61.6 Å². The number of nitrogens with one attached hydrogen (secondary N) is 1. The van der Waals surface area contributed by atoms with Crippen LogP contribution < -0.4 is 10.2 Å². The maximum absolute atomic E-state index is 13.0. The second kappa shape index (κ2) is 25.2. The number of carbonyl (C=O) groups excluding carboxylic acids is 4. The molecule has 0 bridgehead atoms. The Morgan fingerprint density at radius 2 is 1.39 bits per heavy atom. The van der Waals surface area contributed by atoms with E-state index in [9.17, 15) is 65.3 Å². The van der Waals surface area contributed by atoms with Crippen LogP contribution in [0.4, 0.5) is 22.7 Å². The van der Waals surface area contributed by atoms with Crippen molar-refractivity contribution in [2.75, 3.05) is 24.5 Å². The second-order valence-electron chi connectivity index (χ2n) is 22.6. The van der Waals surface area contributed by atoms with Crippen LogP contribution in [0, 0.1) is 34.1 Å². The first-order valence-electron chi connectivity index (χ1n) is 27.9. The Morgan fingerprint density at radius 3 is 2.08 bits per heavy atom. The number of fused-ring (bicyclic) bond motifs is 6. The van der Waals surface area contributed by atoms with Crippen LogP contribution in [0.2, 0.25) is 0 Å². The minimum absolute atomic E-state index is 0.00708. The summed E-state index contributed by atoms with van der Waals surface area (Å²) >= 11 is 0. The molecule has 0 aliphatic carbocycles. The molecular weight excluding hydrogens is 1120 g/mol. The summed E-state index contributed by atoms with van der Waals surface area (Å²) in [6.45, 7) is 13.2. The van der Waals surface area contributed by atoms with Gasteiger partial charge in [-0.1, -0.05) is 50.6 Å². The molecule has 84 heavy (non-hydrogen) atoms. The van der Waals surface area contributed by atoms with Gasteiger partial charge in [-0.25, -0.2) is 21.6 Å². The number of non-ortho nitro benzene ring substituents is 1. The number of nitrogens with zero attached hydrogens (tertiary/aromatic N) is 5. The van der Waals surface area contributed by atoms with E-state index in [0.29, 0.717) is 115 Å². The van der Waals surface area contributed by atoms with Gasteiger partial charge in [0.25, 0.3) is 23.2 Å². The quantitative estimate of drug-likeness (QED) is 0.0102. The molecule has 5 aromatic rings. The average Bonchev–Trinajstić information content (AvgIpc) is 1.59. The van der Waals surface area contributed by atoms with Crippen molar-refractivity contribution >= 4 is 93.8 Å². The first-order valence-corrected chi connectivity index (χ1v) is 30.7. The lowest BCUT2D eigenvalue weighted by Crippen LogP contribution is -2.31. The number of hydrogen-bond donors (Lipinski definition) is 1. The molecule has 0 aromatic heterocycles. The molecule has 0 spiro atoms. The zero-order valence-electron chi connectivity index (χ0n) is 47.7. The number of aryl methyl sites for hydroxylation is 2. The van der Waals surface area contributed by atoms with E-state index < -0.39 is 58.7 Å². The molecule has 1 fully saturated rings. The maximum Gasteiger partial charge on any atom is 0.333 e. The van der Waals surface area contributed by atoms with E-state index in [0.717, 1.165) is 45.4 Å². The Labute approximate surface area is 487 Å². The zero-order valence-corrected chi connectivity index (χ0v) is 49.4. The summed E-state index contributed by atoms with van der Waals surface area (Å²) in [6.07, 6.45) is 14.5. The molecule has 0 atom stereocenters. The Balaban J connectivity index is 1.01. The fourth-order valence-corrected chi connectivity index (χ4v) is 13.2. The van der Waals surface area contributed by atoms with Gasteiger partial charge in [0.15, 0.2) is 5.71 Å². The van der Waals surface area contributed by atoms with E-state index in [4.69, 9.17) is 4.84 Å². The van der Waals surface area contributed by atoms with Crippen LogP contribution in [0.15, 0.2) is 113 Å². The van der Waals surface area contributed by atoms with Gasteiger partial charge in [0.05, 0.1) is 31.1 Å². The molecule has 2 amide bonds. The highest BCUT2D eigenvalue weighted by Gasteiger charge is 2.46. The van der Waals surface area contributed by atoms with E-state index in [-0.39, 0.29) is 52.8 Å². The standard InChI is InChI=1S/C61H68N6O15S2/c1-39-33-47-46(52(34-39)84(79,80)81)25-27-50-58(47)60(3,4)53(64(50)31-14-8-10-17-43(68)18-16-30-62-38-41-22-23-42(66(72)73)36-51(41)67(74)75)19-11-7-12-20-54-61(5,6)59-48-37-44(83(76,77)78)35-40(2)45(48)24-26-49(59)63(54)32-15-9-13-21-57(71)82-65-55(69)28-29-56(65)70/h7,11-12,19-20,22-27,33-37,62H,8-10,13-18,21,28-32,38H2,1-6H3,(H-,76,77,78,79,80,81)/p-1. The van der Waals surface area contributed by atoms with E-state index >= 15 is 0 Å². The number of ketones is 1. The van der Waals surface area contributed by atoms with E-state index in [2.05, 4.69) is 28.6 Å². The predicted octanol–water partition coefficient (Wildman–Crippen LogP) is 10.3. The van der Waals surface area contributed by atoms with Gasteiger partial charge in [-0.15, -0.1) is 5.06 Å². The first-order chi connectivity index (χ1) is 39.6. The highest BCUT2D eigenvalue weighted by molar-refractivity contribution is 7.86. The number of allylic oxidation sites excluding steroid dienone is 6. The van der Waals surface area contributed by atoms with Crippen LogP contribution in [0.1, 0.15) is 133 Å². The summed E-state index contributed by atoms with van der Waals surface area (Å²) in [7, 11) is -9.64. The number of nitro groups is 2. The number of carbonyl (C=O) groups is 4. The van der Waals surface area contributed by atoms with Crippen LogP contribution in [-0.4, -0.2) is 94.3 Å². The predicted molar refractivity (Wildman–Crippen MR) is 313 cm³/mol. The number of anilines is 1. The Kier molecular flexibility index (Phi) is 18.6. The molecule has 0 radical (unpaired) electrons. The van der Waals surface area contributed by atoms with Gasteiger partial charge in [-0.2, -0.15) is 4.58 Å². The third kappa shape index (κ3) is 13.4. The fourth-order valence-electron chi connectivity index (χ4n) is 11.9. The number of hydroxylamine groups is 2. The number of amides is 2. The Morgan fingerprint density at radius 1 is 0.714 bits per heavy atom. The van der Waals surface area contributed by atoms with Gasteiger partial charge in [-0.05, 0) is 147 Å². The Hall–Kier alpha value is -7.83. The SMILES string of the molecule is Cc1cc(S(=O)(=O)[O-])c2ccc3c(c2c1)C(C)(C)C(=CC=CC=CC1=[N+](CCCCCC(=O)ON2C(=O)CCC2=O)c2ccc4c(C)cc(S(=O)(=O)[O-])cc4c2C1(C)C)N3CCCCCC(=O)CCCNCc1ccc([N+](=O)[O-])cc1[N+](=O)[O-]. The van der Waals surface area contributed by atoms with Gasteiger partial charge in [-0.3, -0.25) is 34.6 Å². The minimum atomic E-state index is -4.83. The third-order valence-corrected chi connectivity index (χ3v) is 17.6. The molecule has 3 aliphatic heterocycles. The molecule has 3 heterocycles.